The summed E-state index contributed by atoms with van der Waals surface area (Å²) in [6, 6.07) is 5.49. The minimum absolute atomic E-state index is 0.00495. The molecule has 0 amide bonds. The van der Waals surface area contributed by atoms with Crippen molar-refractivity contribution in [3.63, 3.8) is 0 Å². The van der Waals surface area contributed by atoms with Gasteiger partial charge >= 0.3 is 0 Å². The highest BCUT2D eigenvalue weighted by atomic mass is 16.5. The van der Waals surface area contributed by atoms with Crippen molar-refractivity contribution in [2.75, 3.05) is 27.3 Å². The van der Waals surface area contributed by atoms with Crippen molar-refractivity contribution in [3.8, 4) is 5.75 Å². The van der Waals surface area contributed by atoms with Crippen LogP contribution in [0.4, 0.5) is 0 Å². The number of benzene rings is 1. The molecule has 0 bridgehead atoms. The second kappa shape index (κ2) is 6.52. The number of nitrogens with zero attached hydrogens (tertiary/aromatic N) is 1. The lowest BCUT2D eigenvalue weighted by Gasteiger charge is -2.22. The van der Waals surface area contributed by atoms with E-state index < -0.39 is 0 Å². The number of carbonyl (C=O) groups excluding carboxylic acids is 1. The number of hydrogen-bond acceptors (Lipinski definition) is 4. The van der Waals surface area contributed by atoms with Crippen molar-refractivity contribution in [1.29, 1.82) is 0 Å². The smallest absolute Gasteiger partial charge is 0.180 e. The molecular formula is C14H21NO3. The van der Waals surface area contributed by atoms with Crippen LogP contribution in [0.5, 0.6) is 5.75 Å². The van der Waals surface area contributed by atoms with Gasteiger partial charge in [-0.2, -0.15) is 0 Å². The number of aryl methyl sites for hydroxylation is 1. The number of aliphatic hydroxyl groups excluding tert-OH is 1. The number of aliphatic hydroxyl groups is 1. The topological polar surface area (TPSA) is 49.8 Å². The monoisotopic (exact) mass is 251 g/mol. The molecule has 1 N–H and O–H groups in total. The highest BCUT2D eigenvalue weighted by molar-refractivity contribution is 6.00. The van der Waals surface area contributed by atoms with E-state index in [1.807, 2.05) is 37.9 Å². The molecule has 0 heterocycles. The third-order valence-electron chi connectivity index (χ3n) is 3.07. The minimum Gasteiger partial charge on any atom is -0.496 e. The predicted molar refractivity (Wildman–Crippen MR) is 71.2 cm³/mol. The van der Waals surface area contributed by atoms with Crippen LogP contribution in [0.15, 0.2) is 18.2 Å². The van der Waals surface area contributed by atoms with Crippen LogP contribution in [0.25, 0.3) is 0 Å². The largest absolute Gasteiger partial charge is 0.496 e. The van der Waals surface area contributed by atoms with Gasteiger partial charge in [0.1, 0.15) is 5.75 Å². The Balaban J connectivity index is 2.84. The lowest BCUT2D eigenvalue weighted by atomic mass is 10.1. The van der Waals surface area contributed by atoms with E-state index in [1.54, 1.807) is 13.2 Å². The first kappa shape index (κ1) is 14.7. The van der Waals surface area contributed by atoms with E-state index >= 15 is 0 Å². The van der Waals surface area contributed by atoms with Crippen LogP contribution < -0.4 is 4.74 Å². The maximum absolute atomic E-state index is 12.2. The Kier molecular flexibility index (Phi) is 5.31. The van der Waals surface area contributed by atoms with Crippen molar-refractivity contribution < 1.29 is 14.6 Å². The quantitative estimate of drug-likeness (QED) is 0.778. The number of carbonyl (C=O) groups is 1. The molecule has 4 heteroatoms. The summed E-state index contributed by atoms with van der Waals surface area (Å²) in [6.07, 6.45) is 0. The molecule has 1 aromatic rings. The molecule has 0 saturated carbocycles. The van der Waals surface area contributed by atoms with Gasteiger partial charge in [-0.15, -0.1) is 0 Å². The van der Waals surface area contributed by atoms with E-state index in [0.717, 1.165) is 5.56 Å². The Morgan fingerprint density at radius 1 is 1.50 bits per heavy atom. The number of rotatable bonds is 6. The summed E-state index contributed by atoms with van der Waals surface area (Å²) in [5.74, 6) is 0.597. The highest BCUT2D eigenvalue weighted by Gasteiger charge is 2.17. The summed E-state index contributed by atoms with van der Waals surface area (Å²) in [7, 11) is 3.38. The fourth-order valence-electron chi connectivity index (χ4n) is 1.64. The van der Waals surface area contributed by atoms with Gasteiger partial charge < -0.3 is 9.84 Å². The summed E-state index contributed by atoms with van der Waals surface area (Å²) >= 11 is 0. The van der Waals surface area contributed by atoms with E-state index in [2.05, 4.69) is 0 Å². The normalized spacial score (nSPS) is 12.6. The summed E-state index contributed by atoms with van der Waals surface area (Å²) in [5, 5.41) is 9.05. The Labute approximate surface area is 108 Å². The van der Waals surface area contributed by atoms with Crippen LogP contribution in [0.3, 0.4) is 0 Å². The predicted octanol–water partition coefficient (Wildman–Crippen LogP) is 1.50. The number of ether oxygens (including phenoxy) is 1. The lowest BCUT2D eigenvalue weighted by molar-refractivity contribution is 0.0887. The molecule has 1 rings (SSSR count). The first-order valence-corrected chi connectivity index (χ1v) is 5.98. The number of hydrogen-bond donors (Lipinski definition) is 1. The summed E-state index contributed by atoms with van der Waals surface area (Å²) in [5.41, 5.74) is 1.64. The first-order chi connectivity index (χ1) is 8.49. The lowest BCUT2D eigenvalue weighted by Crippen LogP contribution is -2.36. The van der Waals surface area contributed by atoms with Crippen LogP contribution in [-0.2, 0) is 0 Å². The molecule has 1 atom stereocenters. The zero-order valence-corrected chi connectivity index (χ0v) is 11.4. The van der Waals surface area contributed by atoms with Crippen LogP contribution in [0, 0.1) is 6.92 Å². The van der Waals surface area contributed by atoms with Gasteiger partial charge in [0.05, 0.1) is 25.8 Å². The maximum Gasteiger partial charge on any atom is 0.180 e. The van der Waals surface area contributed by atoms with Gasteiger partial charge in [0.2, 0.25) is 0 Å². The number of Topliss-reactive ketones (excluding diaryl/α,β-unsaturated/α-hetero) is 1. The molecular weight excluding hydrogens is 230 g/mol. The van der Waals surface area contributed by atoms with E-state index in [9.17, 15) is 4.79 Å². The minimum atomic E-state index is -0.0367. The van der Waals surface area contributed by atoms with Gasteiger partial charge in [-0.05, 0) is 38.6 Å². The molecule has 0 spiro atoms. The van der Waals surface area contributed by atoms with Crippen LogP contribution >= 0.6 is 0 Å². The Bertz CT molecular complexity index is 418. The third-order valence-corrected chi connectivity index (χ3v) is 3.07. The second-order valence-electron chi connectivity index (χ2n) is 4.57. The molecule has 0 aromatic heterocycles. The van der Waals surface area contributed by atoms with E-state index in [0.29, 0.717) is 11.3 Å². The third kappa shape index (κ3) is 3.55. The van der Waals surface area contributed by atoms with Crippen molar-refractivity contribution in [3.05, 3.63) is 29.3 Å². The fourth-order valence-corrected chi connectivity index (χ4v) is 1.64. The van der Waals surface area contributed by atoms with Crippen molar-refractivity contribution in [2.45, 2.75) is 19.9 Å². The standard InChI is InChI=1S/C14H21NO3/c1-10-5-6-12(14(7-10)18-4)13(17)8-15(3)11(2)9-16/h5-7,11,16H,8-9H2,1-4H3. The molecule has 0 aliphatic heterocycles. The molecule has 18 heavy (non-hydrogen) atoms. The Morgan fingerprint density at radius 2 is 2.17 bits per heavy atom. The summed E-state index contributed by atoms with van der Waals surface area (Å²) in [6.45, 7) is 4.13. The van der Waals surface area contributed by atoms with E-state index in [4.69, 9.17) is 9.84 Å². The molecule has 0 saturated heterocycles. The number of methoxy groups -OCH3 is 1. The second-order valence-corrected chi connectivity index (χ2v) is 4.57. The van der Waals surface area contributed by atoms with Gasteiger partial charge in [0, 0.05) is 6.04 Å². The molecule has 1 unspecified atom stereocenters. The van der Waals surface area contributed by atoms with Crippen molar-refractivity contribution in [2.24, 2.45) is 0 Å². The average molecular weight is 251 g/mol. The Hall–Kier alpha value is -1.39. The first-order valence-electron chi connectivity index (χ1n) is 5.98. The maximum atomic E-state index is 12.2. The summed E-state index contributed by atoms with van der Waals surface area (Å²) in [4.78, 5) is 14.0. The van der Waals surface area contributed by atoms with Gasteiger partial charge in [0.25, 0.3) is 0 Å². The van der Waals surface area contributed by atoms with E-state index in [-0.39, 0.29) is 25.0 Å². The number of ketones is 1. The molecule has 0 aliphatic rings. The molecule has 100 valence electrons. The van der Waals surface area contributed by atoms with Crippen LogP contribution in [-0.4, -0.2) is 49.1 Å². The summed E-state index contributed by atoms with van der Waals surface area (Å²) < 4.78 is 5.23. The average Bonchev–Trinajstić information content (AvgIpc) is 2.37. The molecule has 0 fully saturated rings. The zero-order valence-electron chi connectivity index (χ0n) is 11.4. The Morgan fingerprint density at radius 3 is 2.72 bits per heavy atom. The van der Waals surface area contributed by atoms with Gasteiger partial charge in [-0.3, -0.25) is 9.69 Å². The SMILES string of the molecule is COc1cc(C)ccc1C(=O)CN(C)C(C)CO. The van der Waals surface area contributed by atoms with Crippen LogP contribution in [0.2, 0.25) is 0 Å². The van der Waals surface area contributed by atoms with Crippen molar-refractivity contribution >= 4 is 5.78 Å². The molecule has 0 radical (unpaired) electrons. The molecule has 1 aromatic carbocycles. The van der Waals surface area contributed by atoms with Crippen LogP contribution in [0.1, 0.15) is 22.8 Å². The van der Waals surface area contributed by atoms with E-state index in [1.165, 1.54) is 0 Å². The van der Waals surface area contributed by atoms with Gasteiger partial charge in [0.15, 0.2) is 5.78 Å². The highest BCUT2D eigenvalue weighted by Crippen LogP contribution is 2.20. The van der Waals surface area contributed by atoms with Crippen molar-refractivity contribution in [1.82, 2.24) is 4.90 Å². The zero-order chi connectivity index (χ0) is 13.7. The number of likely N-dealkylation sites (N-methyl/N-ethyl adjacent to an activating group) is 1. The van der Waals surface area contributed by atoms with Gasteiger partial charge in [-0.25, -0.2) is 0 Å². The molecule has 4 nitrogen and oxygen atoms in total. The van der Waals surface area contributed by atoms with Gasteiger partial charge in [-0.1, -0.05) is 6.07 Å². The molecule has 0 aliphatic carbocycles. The fraction of sp³-hybridized carbons (Fsp3) is 0.500.